The van der Waals surface area contributed by atoms with Crippen molar-refractivity contribution in [1.29, 1.82) is 0 Å². The second-order valence-electron chi connectivity index (χ2n) is 4.10. The Hall–Kier alpha value is -2.20. The molecule has 0 fully saturated rings. The fourth-order valence-electron chi connectivity index (χ4n) is 2.13. The van der Waals surface area contributed by atoms with E-state index in [9.17, 15) is 10.2 Å². The summed E-state index contributed by atoms with van der Waals surface area (Å²) in [5.41, 5.74) is 2.38. The van der Waals surface area contributed by atoms with Crippen LogP contribution in [0.25, 0.3) is 11.1 Å². The average Bonchev–Trinajstić information content (AvgIpc) is 2.38. The van der Waals surface area contributed by atoms with Crippen molar-refractivity contribution in [2.75, 3.05) is 7.11 Å². The Labute approximate surface area is 104 Å². The summed E-state index contributed by atoms with van der Waals surface area (Å²) >= 11 is 0. The highest BCUT2D eigenvalue weighted by molar-refractivity contribution is 5.76. The van der Waals surface area contributed by atoms with Gasteiger partial charge in [0, 0.05) is 17.2 Å². The first kappa shape index (κ1) is 10.9. The van der Waals surface area contributed by atoms with Crippen molar-refractivity contribution in [1.82, 2.24) is 0 Å². The van der Waals surface area contributed by atoms with Gasteiger partial charge in [-0.15, -0.1) is 0 Å². The standard InChI is InChI=1S/C14H12O4/c1-17-9-3-5-10-11-4-2-8(15)6-13(11)18-14(16)12(10)7-9/h2-7,14-16H,1H3. The maximum atomic E-state index is 9.96. The second-order valence-corrected chi connectivity index (χ2v) is 4.10. The molecule has 4 nitrogen and oxygen atoms in total. The first-order chi connectivity index (χ1) is 8.69. The molecule has 2 N–H and O–H groups in total. The summed E-state index contributed by atoms with van der Waals surface area (Å²) in [5.74, 6) is 1.25. The van der Waals surface area contributed by atoms with Gasteiger partial charge in [-0.05, 0) is 29.8 Å². The topological polar surface area (TPSA) is 58.9 Å². The third kappa shape index (κ3) is 1.58. The molecule has 0 aromatic heterocycles. The largest absolute Gasteiger partial charge is 0.508 e. The number of aliphatic hydroxyl groups is 1. The number of benzene rings is 2. The molecule has 18 heavy (non-hydrogen) atoms. The van der Waals surface area contributed by atoms with Crippen molar-refractivity contribution in [2.45, 2.75) is 6.29 Å². The highest BCUT2D eigenvalue weighted by atomic mass is 16.6. The van der Waals surface area contributed by atoms with Gasteiger partial charge in [-0.3, -0.25) is 0 Å². The molecule has 92 valence electrons. The molecular weight excluding hydrogens is 232 g/mol. The van der Waals surface area contributed by atoms with E-state index in [4.69, 9.17) is 9.47 Å². The van der Waals surface area contributed by atoms with Crippen molar-refractivity contribution in [2.24, 2.45) is 0 Å². The molecule has 4 heteroatoms. The number of hydrogen-bond acceptors (Lipinski definition) is 4. The zero-order valence-corrected chi connectivity index (χ0v) is 9.75. The molecular formula is C14H12O4. The van der Waals surface area contributed by atoms with E-state index in [-0.39, 0.29) is 5.75 Å². The predicted octanol–water partition coefficient (Wildman–Crippen LogP) is 2.45. The molecule has 1 atom stereocenters. The van der Waals surface area contributed by atoms with Crippen LogP contribution >= 0.6 is 0 Å². The van der Waals surface area contributed by atoms with Crippen molar-refractivity contribution in [3.63, 3.8) is 0 Å². The minimum absolute atomic E-state index is 0.109. The van der Waals surface area contributed by atoms with E-state index in [1.54, 1.807) is 25.3 Å². The van der Waals surface area contributed by atoms with Crippen LogP contribution in [-0.2, 0) is 0 Å². The average molecular weight is 244 g/mol. The van der Waals surface area contributed by atoms with Gasteiger partial charge in [0.2, 0.25) is 6.29 Å². The number of rotatable bonds is 1. The van der Waals surface area contributed by atoms with E-state index >= 15 is 0 Å². The Bertz CT molecular complexity index is 607. The Morgan fingerprint density at radius 3 is 2.67 bits per heavy atom. The van der Waals surface area contributed by atoms with Gasteiger partial charge in [0.25, 0.3) is 0 Å². The predicted molar refractivity (Wildman–Crippen MR) is 65.7 cm³/mol. The fraction of sp³-hybridized carbons (Fsp3) is 0.143. The third-order valence-corrected chi connectivity index (χ3v) is 3.02. The van der Waals surface area contributed by atoms with Gasteiger partial charge < -0.3 is 19.7 Å². The van der Waals surface area contributed by atoms with Crippen LogP contribution in [0.4, 0.5) is 0 Å². The minimum Gasteiger partial charge on any atom is -0.508 e. The quantitative estimate of drug-likeness (QED) is 0.809. The first-order valence-corrected chi connectivity index (χ1v) is 5.55. The minimum atomic E-state index is -1.05. The smallest absolute Gasteiger partial charge is 0.225 e. The lowest BCUT2D eigenvalue weighted by molar-refractivity contribution is -0.0215. The van der Waals surface area contributed by atoms with E-state index in [1.165, 1.54) is 6.07 Å². The zero-order valence-electron chi connectivity index (χ0n) is 9.75. The van der Waals surface area contributed by atoms with E-state index in [1.807, 2.05) is 12.1 Å². The summed E-state index contributed by atoms with van der Waals surface area (Å²) in [6.45, 7) is 0. The molecule has 3 rings (SSSR count). The number of ether oxygens (including phenoxy) is 2. The summed E-state index contributed by atoms with van der Waals surface area (Å²) in [6.07, 6.45) is -1.05. The second kappa shape index (κ2) is 3.92. The molecule has 0 saturated carbocycles. The van der Waals surface area contributed by atoms with E-state index in [0.29, 0.717) is 17.1 Å². The summed E-state index contributed by atoms with van der Waals surface area (Å²) in [5, 5.41) is 19.4. The Kier molecular flexibility index (Phi) is 2.38. The van der Waals surface area contributed by atoms with Crippen LogP contribution in [0.15, 0.2) is 36.4 Å². The first-order valence-electron chi connectivity index (χ1n) is 5.55. The molecule has 0 aliphatic carbocycles. The number of hydrogen-bond donors (Lipinski definition) is 2. The lowest BCUT2D eigenvalue weighted by Gasteiger charge is -2.25. The van der Waals surface area contributed by atoms with Crippen molar-refractivity contribution in [3.8, 4) is 28.4 Å². The van der Waals surface area contributed by atoms with Crippen LogP contribution in [0, 0.1) is 0 Å². The van der Waals surface area contributed by atoms with Crippen LogP contribution in [-0.4, -0.2) is 17.3 Å². The van der Waals surface area contributed by atoms with Crippen LogP contribution < -0.4 is 9.47 Å². The van der Waals surface area contributed by atoms with E-state index < -0.39 is 6.29 Å². The van der Waals surface area contributed by atoms with Crippen molar-refractivity contribution < 1.29 is 19.7 Å². The summed E-state index contributed by atoms with van der Waals surface area (Å²) < 4.78 is 10.5. The molecule has 2 aromatic rings. The molecule has 0 radical (unpaired) electrons. The Morgan fingerprint density at radius 2 is 1.89 bits per heavy atom. The molecule has 1 heterocycles. The number of phenolic OH excluding ortho intramolecular Hbond substituents is 1. The van der Waals surface area contributed by atoms with Crippen molar-refractivity contribution >= 4 is 0 Å². The van der Waals surface area contributed by atoms with Crippen LogP contribution in [0.3, 0.4) is 0 Å². The van der Waals surface area contributed by atoms with E-state index in [0.717, 1.165) is 11.1 Å². The Morgan fingerprint density at radius 1 is 1.11 bits per heavy atom. The molecule has 0 amide bonds. The van der Waals surface area contributed by atoms with Gasteiger partial charge >= 0.3 is 0 Å². The van der Waals surface area contributed by atoms with Crippen LogP contribution in [0.1, 0.15) is 11.9 Å². The van der Waals surface area contributed by atoms with Gasteiger partial charge in [-0.1, -0.05) is 6.07 Å². The molecule has 1 aliphatic heterocycles. The number of aromatic hydroxyl groups is 1. The highest BCUT2D eigenvalue weighted by Crippen LogP contribution is 2.43. The van der Waals surface area contributed by atoms with E-state index in [2.05, 4.69) is 0 Å². The molecule has 0 saturated heterocycles. The lowest BCUT2D eigenvalue weighted by atomic mass is 9.96. The van der Waals surface area contributed by atoms with Crippen LogP contribution in [0.2, 0.25) is 0 Å². The number of phenols is 1. The summed E-state index contributed by atoms with van der Waals surface area (Å²) in [6, 6.07) is 10.3. The molecule has 1 unspecified atom stereocenters. The van der Waals surface area contributed by atoms with Gasteiger partial charge in [0.15, 0.2) is 0 Å². The normalized spacial score (nSPS) is 16.4. The molecule has 2 aromatic carbocycles. The van der Waals surface area contributed by atoms with Gasteiger partial charge in [0.05, 0.1) is 7.11 Å². The summed E-state index contributed by atoms with van der Waals surface area (Å²) in [7, 11) is 1.57. The Balaban J connectivity index is 2.21. The van der Waals surface area contributed by atoms with Gasteiger partial charge in [0.1, 0.15) is 17.2 Å². The molecule has 0 spiro atoms. The van der Waals surface area contributed by atoms with Gasteiger partial charge in [-0.2, -0.15) is 0 Å². The zero-order chi connectivity index (χ0) is 12.7. The monoisotopic (exact) mass is 244 g/mol. The fourth-order valence-corrected chi connectivity index (χ4v) is 2.13. The number of methoxy groups -OCH3 is 1. The maximum Gasteiger partial charge on any atom is 0.225 e. The molecule has 1 aliphatic rings. The molecule has 0 bridgehead atoms. The third-order valence-electron chi connectivity index (χ3n) is 3.02. The highest BCUT2D eigenvalue weighted by Gasteiger charge is 2.25. The summed E-state index contributed by atoms with van der Waals surface area (Å²) in [4.78, 5) is 0. The SMILES string of the molecule is COc1ccc2c(c1)C(O)Oc1cc(O)ccc1-2. The number of fused-ring (bicyclic) bond motifs is 3. The van der Waals surface area contributed by atoms with Crippen molar-refractivity contribution in [3.05, 3.63) is 42.0 Å². The lowest BCUT2D eigenvalue weighted by Crippen LogP contribution is -2.13. The van der Waals surface area contributed by atoms with Crippen LogP contribution in [0.5, 0.6) is 17.2 Å². The van der Waals surface area contributed by atoms with Gasteiger partial charge in [-0.25, -0.2) is 0 Å². The maximum absolute atomic E-state index is 9.96. The number of aliphatic hydroxyl groups excluding tert-OH is 1.